The first-order chi connectivity index (χ1) is 12.8. The van der Waals surface area contributed by atoms with Crippen LogP contribution in [0.25, 0.3) is 0 Å². The molecule has 4 rings (SSSR count). The molecule has 3 aliphatic heterocycles. The number of amides is 1. The van der Waals surface area contributed by atoms with Crippen LogP contribution in [0.15, 0.2) is 28.5 Å². The molecule has 3 aliphatic rings. The topological polar surface area (TPSA) is 104 Å². The molecule has 2 bridgehead atoms. The molecule has 27 heavy (non-hydrogen) atoms. The average Bonchev–Trinajstić information content (AvgIpc) is 3.36. The SMILES string of the molecule is O=C(O)[C@@H]1[C@@H](C(=O)N2CCN(S(=O)(=O)c3ccc(Cl)s3)CC2)[C@@H]2C=C[C@@H]1O2. The van der Waals surface area contributed by atoms with E-state index in [1.165, 1.54) is 21.3 Å². The van der Waals surface area contributed by atoms with Gasteiger partial charge in [0, 0.05) is 26.2 Å². The van der Waals surface area contributed by atoms with Crippen LogP contribution in [0.3, 0.4) is 0 Å². The summed E-state index contributed by atoms with van der Waals surface area (Å²) in [6.07, 6.45) is 2.31. The molecule has 1 aromatic rings. The fraction of sp³-hybridized carbons (Fsp3) is 0.500. The average molecular weight is 433 g/mol. The first kappa shape index (κ1) is 18.9. The predicted octanol–water partition coefficient (Wildman–Crippen LogP) is 0.889. The highest BCUT2D eigenvalue weighted by atomic mass is 35.5. The lowest BCUT2D eigenvalue weighted by Gasteiger charge is -2.36. The van der Waals surface area contributed by atoms with Crippen LogP contribution in [0.2, 0.25) is 4.34 Å². The van der Waals surface area contributed by atoms with Gasteiger partial charge in [0.1, 0.15) is 10.1 Å². The Labute approximate surface area is 165 Å². The number of thiophene rings is 1. The van der Waals surface area contributed by atoms with Gasteiger partial charge in [-0.3, -0.25) is 9.59 Å². The van der Waals surface area contributed by atoms with Crippen molar-refractivity contribution in [2.45, 2.75) is 16.4 Å². The van der Waals surface area contributed by atoms with Gasteiger partial charge in [-0.2, -0.15) is 4.31 Å². The Kier molecular flexibility index (Phi) is 4.79. The molecule has 0 spiro atoms. The quantitative estimate of drug-likeness (QED) is 0.708. The van der Waals surface area contributed by atoms with Gasteiger partial charge in [-0.05, 0) is 12.1 Å². The van der Waals surface area contributed by atoms with E-state index in [9.17, 15) is 23.1 Å². The number of hydrogen-bond acceptors (Lipinski definition) is 6. The third kappa shape index (κ3) is 3.19. The van der Waals surface area contributed by atoms with Gasteiger partial charge >= 0.3 is 5.97 Å². The summed E-state index contributed by atoms with van der Waals surface area (Å²) >= 11 is 6.82. The molecule has 4 atom stereocenters. The highest BCUT2D eigenvalue weighted by Gasteiger charge is 2.54. The van der Waals surface area contributed by atoms with Crippen molar-refractivity contribution in [2.75, 3.05) is 26.2 Å². The zero-order valence-corrected chi connectivity index (χ0v) is 16.4. The van der Waals surface area contributed by atoms with Crippen LogP contribution in [0.4, 0.5) is 0 Å². The van der Waals surface area contributed by atoms with Crippen molar-refractivity contribution < 1.29 is 27.9 Å². The van der Waals surface area contributed by atoms with E-state index in [1.807, 2.05) is 0 Å². The highest BCUT2D eigenvalue weighted by molar-refractivity contribution is 7.91. The normalized spacial score (nSPS) is 30.8. The van der Waals surface area contributed by atoms with Gasteiger partial charge in [0.25, 0.3) is 10.0 Å². The molecule has 8 nitrogen and oxygen atoms in total. The van der Waals surface area contributed by atoms with E-state index in [2.05, 4.69) is 0 Å². The van der Waals surface area contributed by atoms with Crippen molar-refractivity contribution in [3.8, 4) is 0 Å². The standard InChI is InChI=1S/C16H17ClN2O6S2/c17-11-3-4-12(26-11)27(23,24)19-7-5-18(6-8-19)15(20)13-9-1-2-10(25-9)14(13)16(21)22/h1-4,9-10,13-14H,5-8H2,(H,21,22)/t9-,10-,13-,14-/m0/s1. The van der Waals surface area contributed by atoms with E-state index in [-0.39, 0.29) is 36.3 Å². The number of carbonyl (C=O) groups is 2. The van der Waals surface area contributed by atoms with Crippen LogP contribution < -0.4 is 0 Å². The number of fused-ring (bicyclic) bond motifs is 2. The number of hydrogen-bond donors (Lipinski definition) is 1. The molecule has 0 aromatic carbocycles. The molecular weight excluding hydrogens is 416 g/mol. The lowest BCUT2D eigenvalue weighted by atomic mass is 9.82. The highest BCUT2D eigenvalue weighted by Crippen LogP contribution is 2.40. The van der Waals surface area contributed by atoms with E-state index >= 15 is 0 Å². The van der Waals surface area contributed by atoms with Crippen molar-refractivity contribution >= 4 is 44.8 Å². The minimum absolute atomic E-state index is 0.152. The monoisotopic (exact) mass is 432 g/mol. The van der Waals surface area contributed by atoms with Crippen molar-refractivity contribution in [1.29, 1.82) is 0 Å². The molecule has 1 N–H and O–H groups in total. The van der Waals surface area contributed by atoms with Gasteiger partial charge in [-0.1, -0.05) is 23.8 Å². The maximum Gasteiger partial charge on any atom is 0.310 e. The summed E-state index contributed by atoms with van der Waals surface area (Å²) < 4.78 is 32.7. The molecule has 146 valence electrons. The number of nitrogens with zero attached hydrogens (tertiary/aromatic N) is 2. The summed E-state index contributed by atoms with van der Waals surface area (Å²) in [6, 6.07) is 3.00. The van der Waals surface area contributed by atoms with Crippen molar-refractivity contribution in [1.82, 2.24) is 9.21 Å². The second kappa shape index (κ2) is 6.85. The van der Waals surface area contributed by atoms with Crippen LogP contribution in [0.5, 0.6) is 0 Å². The molecule has 1 aromatic heterocycles. The lowest BCUT2D eigenvalue weighted by Crippen LogP contribution is -2.54. The number of halogens is 1. The second-order valence-corrected chi connectivity index (χ2v) is 10.5. The second-order valence-electron chi connectivity index (χ2n) is 6.63. The Morgan fingerprint density at radius 1 is 1.11 bits per heavy atom. The molecule has 2 saturated heterocycles. The predicted molar refractivity (Wildman–Crippen MR) is 97.1 cm³/mol. The maximum atomic E-state index is 12.9. The number of rotatable bonds is 4. The van der Waals surface area contributed by atoms with Crippen LogP contribution in [-0.4, -0.2) is 73.0 Å². The van der Waals surface area contributed by atoms with Crippen molar-refractivity contribution in [2.24, 2.45) is 11.8 Å². The van der Waals surface area contributed by atoms with Crippen LogP contribution in [-0.2, 0) is 24.3 Å². The smallest absolute Gasteiger partial charge is 0.310 e. The van der Waals surface area contributed by atoms with Crippen LogP contribution >= 0.6 is 22.9 Å². The van der Waals surface area contributed by atoms with Gasteiger partial charge < -0.3 is 14.7 Å². The van der Waals surface area contributed by atoms with E-state index < -0.39 is 40.0 Å². The molecular formula is C16H17ClN2O6S2. The Hall–Kier alpha value is -1.46. The van der Waals surface area contributed by atoms with E-state index in [4.69, 9.17) is 16.3 Å². The Bertz CT molecular complexity index is 906. The number of ether oxygens (including phenoxy) is 1. The summed E-state index contributed by atoms with van der Waals surface area (Å²) in [5.41, 5.74) is 0. The number of carbonyl (C=O) groups excluding carboxylic acids is 1. The summed E-state index contributed by atoms with van der Waals surface area (Å²) in [4.78, 5) is 26.0. The van der Waals surface area contributed by atoms with E-state index in [1.54, 1.807) is 12.2 Å². The molecule has 0 unspecified atom stereocenters. The summed E-state index contributed by atoms with van der Waals surface area (Å²) in [6.45, 7) is 0.722. The molecule has 2 fully saturated rings. The number of sulfonamides is 1. The van der Waals surface area contributed by atoms with Gasteiger partial charge in [0.2, 0.25) is 5.91 Å². The molecule has 0 aliphatic carbocycles. The number of carboxylic acid groups (broad SMARTS) is 1. The van der Waals surface area contributed by atoms with Crippen LogP contribution in [0, 0.1) is 11.8 Å². The minimum atomic E-state index is -3.64. The Balaban J connectivity index is 1.44. The van der Waals surface area contributed by atoms with Gasteiger partial charge in [-0.15, -0.1) is 11.3 Å². The van der Waals surface area contributed by atoms with E-state index in [0.29, 0.717) is 4.34 Å². The third-order valence-electron chi connectivity index (χ3n) is 5.16. The van der Waals surface area contributed by atoms with Crippen molar-refractivity contribution in [3.05, 3.63) is 28.6 Å². The molecule has 4 heterocycles. The first-order valence-corrected chi connectivity index (χ1v) is 11.0. The number of piperazine rings is 1. The summed E-state index contributed by atoms with van der Waals surface area (Å²) in [5.74, 6) is -3.02. The lowest BCUT2D eigenvalue weighted by molar-refractivity contribution is -0.150. The first-order valence-electron chi connectivity index (χ1n) is 8.40. The summed E-state index contributed by atoms with van der Waals surface area (Å²) in [7, 11) is -3.64. The molecule has 0 radical (unpaired) electrons. The largest absolute Gasteiger partial charge is 0.481 e. The third-order valence-corrected chi connectivity index (χ3v) is 8.76. The molecule has 1 amide bonds. The van der Waals surface area contributed by atoms with Gasteiger partial charge in [-0.25, -0.2) is 8.42 Å². The Morgan fingerprint density at radius 2 is 1.74 bits per heavy atom. The zero-order chi connectivity index (χ0) is 19.3. The zero-order valence-electron chi connectivity index (χ0n) is 14.0. The fourth-order valence-corrected chi connectivity index (χ4v) is 6.88. The molecule has 11 heteroatoms. The number of aliphatic carboxylic acids is 1. The summed E-state index contributed by atoms with van der Waals surface area (Å²) in [5, 5.41) is 9.45. The van der Waals surface area contributed by atoms with E-state index in [0.717, 1.165) is 11.3 Å². The minimum Gasteiger partial charge on any atom is -0.481 e. The number of carboxylic acids is 1. The fourth-order valence-electron chi connectivity index (χ4n) is 3.82. The van der Waals surface area contributed by atoms with Crippen LogP contribution in [0.1, 0.15) is 0 Å². The molecule has 0 saturated carbocycles. The Morgan fingerprint density at radius 3 is 2.30 bits per heavy atom. The van der Waals surface area contributed by atoms with Crippen molar-refractivity contribution in [3.63, 3.8) is 0 Å². The van der Waals surface area contributed by atoms with Gasteiger partial charge in [0.05, 0.1) is 22.5 Å². The maximum absolute atomic E-state index is 12.9. The van der Waals surface area contributed by atoms with Gasteiger partial charge in [0.15, 0.2) is 0 Å².